The van der Waals surface area contributed by atoms with Crippen molar-refractivity contribution in [3.63, 3.8) is 0 Å². The lowest BCUT2D eigenvalue weighted by Crippen LogP contribution is -2.52. The van der Waals surface area contributed by atoms with Gasteiger partial charge in [0.25, 0.3) is 0 Å². The van der Waals surface area contributed by atoms with Crippen molar-refractivity contribution in [1.82, 2.24) is 19.8 Å². The SMILES string of the molecule is COc1cc(N2CCC(N3CCN(C)CC3)CC2)c(C)cc1Nc1ncc(Br)c(Nc2cc(C)ccc2P(C)(C)=O)n1. The maximum atomic E-state index is 13.0. The molecule has 2 N–H and O–H groups in total. The Balaban J connectivity index is 1.32. The standard InChI is InChI=1S/C31H43BrN7O2P/c1-21-7-8-29(42(5,6)40)26(17-21)34-30-24(32)20-33-31(36-30)35-25-18-22(2)27(19-28(25)41-4)39-11-9-23(10-12-39)38-15-13-37(3)14-16-38/h7-8,17-20,23H,9-16H2,1-6H3,(H2,33,34,35,36). The van der Waals surface area contributed by atoms with Gasteiger partial charge < -0.3 is 29.7 Å². The number of ether oxygens (including phenoxy) is 1. The highest BCUT2D eigenvalue weighted by Gasteiger charge is 2.28. The van der Waals surface area contributed by atoms with Crippen LogP contribution < -0.4 is 25.6 Å². The Morgan fingerprint density at radius 3 is 2.36 bits per heavy atom. The van der Waals surface area contributed by atoms with Gasteiger partial charge in [-0.2, -0.15) is 4.98 Å². The summed E-state index contributed by atoms with van der Waals surface area (Å²) in [7, 11) is 1.41. The highest BCUT2D eigenvalue weighted by Crippen LogP contribution is 2.40. The second-order valence-corrected chi connectivity index (χ2v) is 15.9. The molecule has 3 heterocycles. The summed E-state index contributed by atoms with van der Waals surface area (Å²) in [6.45, 7) is 14.5. The summed E-state index contributed by atoms with van der Waals surface area (Å²) in [4.78, 5) is 16.8. The highest BCUT2D eigenvalue weighted by atomic mass is 79.9. The fourth-order valence-corrected chi connectivity index (χ4v) is 7.35. The lowest BCUT2D eigenvalue weighted by Gasteiger charge is -2.43. The van der Waals surface area contributed by atoms with Crippen molar-refractivity contribution in [3.05, 3.63) is 52.1 Å². The topological polar surface area (TPSA) is 85.9 Å². The Morgan fingerprint density at radius 1 is 0.976 bits per heavy atom. The van der Waals surface area contributed by atoms with E-state index in [1.165, 1.54) is 37.2 Å². The number of likely N-dealkylation sites (N-methyl/N-ethyl adjacent to an activating group) is 1. The van der Waals surface area contributed by atoms with Crippen LogP contribution in [-0.2, 0) is 4.57 Å². The molecule has 0 unspecified atom stereocenters. The number of piperazine rings is 1. The zero-order valence-electron chi connectivity index (χ0n) is 25.6. The number of benzene rings is 2. The van der Waals surface area contributed by atoms with E-state index >= 15 is 0 Å². The van der Waals surface area contributed by atoms with Crippen molar-refractivity contribution >= 4 is 57.2 Å². The molecule has 2 aliphatic heterocycles. The van der Waals surface area contributed by atoms with Crippen molar-refractivity contribution in [1.29, 1.82) is 0 Å². The first-order valence-electron chi connectivity index (χ1n) is 14.6. The van der Waals surface area contributed by atoms with E-state index in [2.05, 4.69) is 72.4 Å². The smallest absolute Gasteiger partial charge is 0.229 e. The fourth-order valence-electron chi connectivity index (χ4n) is 5.93. The number of nitrogens with one attached hydrogen (secondary N) is 2. The Labute approximate surface area is 258 Å². The van der Waals surface area contributed by atoms with Gasteiger partial charge in [0.2, 0.25) is 5.95 Å². The van der Waals surface area contributed by atoms with E-state index in [0.717, 1.165) is 54.2 Å². The molecule has 0 atom stereocenters. The van der Waals surface area contributed by atoms with Gasteiger partial charge in [-0.15, -0.1) is 0 Å². The summed E-state index contributed by atoms with van der Waals surface area (Å²) in [5.74, 6) is 1.77. The van der Waals surface area contributed by atoms with Crippen LogP contribution in [-0.4, -0.2) is 92.6 Å². The number of hydrogen-bond acceptors (Lipinski definition) is 9. The van der Waals surface area contributed by atoms with Crippen LogP contribution in [0.4, 0.5) is 28.8 Å². The van der Waals surface area contributed by atoms with Gasteiger partial charge in [-0.05, 0) is 92.3 Å². The maximum absolute atomic E-state index is 13.0. The predicted octanol–water partition coefficient (Wildman–Crippen LogP) is 5.82. The zero-order valence-corrected chi connectivity index (χ0v) is 28.1. The van der Waals surface area contributed by atoms with E-state index in [-0.39, 0.29) is 0 Å². The van der Waals surface area contributed by atoms with Gasteiger partial charge in [0, 0.05) is 68.6 Å². The van der Waals surface area contributed by atoms with Crippen LogP contribution in [0.25, 0.3) is 0 Å². The number of halogens is 1. The molecule has 0 bridgehead atoms. The maximum Gasteiger partial charge on any atom is 0.229 e. The third kappa shape index (κ3) is 7.10. The lowest BCUT2D eigenvalue weighted by molar-refractivity contribution is 0.0982. The second kappa shape index (κ2) is 12.9. The van der Waals surface area contributed by atoms with E-state index in [4.69, 9.17) is 9.72 Å². The summed E-state index contributed by atoms with van der Waals surface area (Å²) >= 11 is 3.57. The van der Waals surface area contributed by atoms with Crippen molar-refractivity contribution in [3.8, 4) is 5.75 Å². The molecule has 2 aliphatic rings. The minimum atomic E-state index is -2.50. The zero-order chi connectivity index (χ0) is 30.0. The molecule has 11 heteroatoms. The van der Waals surface area contributed by atoms with Crippen LogP contribution >= 0.6 is 23.1 Å². The molecule has 2 saturated heterocycles. The van der Waals surface area contributed by atoms with Gasteiger partial charge in [-0.1, -0.05) is 6.07 Å². The van der Waals surface area contributed by atoms with Crippen molar-refractivity contribution in [2.24, 2.45) is 0 Å². The number of nitrogens with zero attached hydrogens (tertiary/aromatic N) is 5. The van der Waals surface area contributed by atoms with Crippen LogP contribution in [0.5, 0.6) is 5.75 Å². The molecule has 2 fully saturated rings. The molecule has 0 spiro atoms. The van der Waals surface area contributed by atoms with E-state index < -0.39 is 7.14 Å². The molecular weight excluding hydrogens is 613 g/mol. The average Bonchev–Trinajstić information content (AvgIpc) is 2.95. The Hall–Kier alpha value is -2.65. The molecule has 42 heavy (non-hydrogen) atoms. The summed E-state index contributed by atoms with van der Waals surface area (Å²) in [5, 5.41) is 7.53. The largest absolute Gasteiger partial charge is 0.494 e. The normalized spacial score (nSPS) is 17.4. The number of rotatable bonds is 8. The lowest BCUT2D eigenvalue weighted by atomic mass is 10.0. The fraction of sp³-hybridized carbons (Fsp3) is 0.484. The second-order valence-electron chi connectivity index (χ2n) is 11.9. The third-order valence-electron chi connectivity index (χ3n) is 8.35. The van der Waals surface area contributed by atoms with Crippen molar-refractivity contribution < 1.29 is 9.30 Å². The molecule has 0 radical (unpaired) electrons. The van der Waals surface area contributed by atoms with Crippen molar-refractivity contribution in [2.75, 3.05) is 82.3 Å². The molecule has 1 aromatic heterocycles. The Bertz CT molecular complexity index is 1460. The van der Waals surface area contributed by atoms with Crippen LogP contribution in [0.1, 0.15) is 24.0 Å². The van der Waals surface area contributed by atoms with Gasteiger partial charge in [-0.25, -0.2) is 4.98 Å². The Morgan fingerprint density at radius 2 is 1.69 bits per heavy atom. The number of aromatic nitrogens is 2. The van der Waals surface area contributed by atoms with E-state index in [1.807, 2.05) is 25.1 Å². The van der Waals surface area contributed by atoms with E-state index in [0.29, 0.717) is 22.3 Å². The van der Waals surface area contributed by atoms with Crippen LogP contribution in [0.2, 0.25) is 0 Å². The van der Waals surface area contributed by atoms with Gasteiger partial charge in [0.05, 0.1) is 23.0 Å². The number of methoxy groups -OCH3 is 1. The molecule has 3 aromatic rings. The van der Waals surface area contributed by atoms with Crippen LogP contribution in [0.15, 0.2) is 41.0 Å². The van der Waals surface area contributed by atoms with Gasteiger partial charge in [-0.3, -0.25) is 4.90 Å². The molecule has 0 aliphatic carbocycles. The summed E-state index contributed by atoms with van der Waals surface area (Å²) in [5.41, 5.74) is 5.05. The molecule has 0 saturated carbocycles. The summed E-state index contributed by atoms with van der Waals surface area (Å²) in [6.07, 6.45) is 4.08. The third-order valence-corrected chi connectivity index (χ3v) is 10.5. The van der Waals surface area contributed by atoms with Gasteiger partial charge in [0.1, 0.15) is 18.7 Å². The summed E-state index contributed by atoms with van der Waals surface area (Å²) in [6, 6.07) is 10.8. The molecular formula is C31H43BrN7O2P. The number of anilines is 5. The summed E-state index contributed by atoms with van der Waals surface area (Å²) < 4.78 is 19.5. The van der Waals surface area contributed by atoms with Crippen molar-refractivity contribution in [2.45, 2.75) is 32.7 Å². The van der Waals surface area contributed by atoms with Crippen LogP contribution in [0.3, 0.4) is 0 Å². The first-order valence-corrected chi connectivity index (χ1v) is 18.0. The van der Waals surface area contributed by atoms with Gasteiger partial charge >= 0.3 is 0 Å². The van der Waals surface area contributed by atoms with E-state index in [9.17, 15) is 4.57 Å². The number of hydrogen-bond donors (Lipinski definition) is 2. The first-order chi connectivity index (χ1) is 20.0. The molecule has 0 amide bonds. The Kier molecular flexibility index (Phi) is 9.47. The number of aryl methyl sites for hydroxylation is 2. The van der Waals surface area contributed by atoms with Gasteiger partial charge in [0.15, 0.2) is 0 Å². The number of piperidine rings is 1. The molecule has 9 nitrogen and oxygen atoms in total. The quantitative estimate of drug-likeness (QED) is 0.292. The molecule has 2 aromatic carbocycles. The highest BCUT2D eigenvalue weighted by molar-refractivity contribution is 9.10. The van der Waals surface area contributed by atoms with Crippen LogP contribution in [0, 0.1) is 13.8 Å². The molecule has 226 valence electrons. The minimum absolute atomic E-state index is 0.435. The average molecular weight is 657 g/mol. The monoisotopic (exact) mass is 655 g/mol. The predicted molar refractivity (Wildman–Crippen MR) is 179 cm³/mol. The van der Waals surface area contributed by atoms with E-state index in [1.54, 1.807) is 26.6 Å². The first kappa shape index (κ1) is 30.8. The minimum Gasteiger partial charge on any atom is -0.494 e. The molecule has 5 rings (SSSR count).